The molecule has 1 aliphatic rings. The average Bonchev–Trinajstić information content (AvgIpc) is 2.76. The molecule has 2 aromatic rings. The van der Waals surface area contributed by atoms with Crippen molar-refractivity contribution in [3.8, 4) is 11.5 Å². The summed E-state index contributed by atoms with van der Waals surface area (Å²) < 4.78 is 37.4. The number of hydrogen-bond acceptors (Lipinski definition) is 5. The summed E-state index contributed by atoms with van der Waals surface area (Å²) in [7, 11) is -2.17. The second-order valence-electron chi connectivity index (χ2n) is 7.83. The number of sulfonamides is 1. The number of methoxy groups -OCH3 is 1. The Morgan fingerprint density at radius 2 is 1.90 bits per heavy atom. The number of para-hydroxylation sites is 1. The quantitative estimate of drug-likeness (QED) is 0.669. The monoisotopic (exact) mass is 446 g/mol. The fourth-order valence-electron chi connectivity index (χ4n) is 3.97. The molecule has 0 saturated heterocycles. The predicted octanol–water partition coefficient (Wildman–Crippen LogP) is 3.66. The van der Waals surface area contributed by atoms with Crippen molar-refractivity contribution in [2.45, 2.75) is 44.8 Å². The van der Waals surface area contributed by atoms with Crippen LogP contribution < -0.4 is 19.1 Å². The van der Waals surface area contributed by atoms with Crippen LogP contribution in [0.5, 0.6) is 11.5 Å². The van der Waals surface area contributed by atoms with Crippen LogP contribution in [0.3, 0.4) is 0 Å². The van der Waals surface area contributed by atoms with E-state index in [-0.39, 0.29) is 24.1 Å². The first-order valence-electron chi connectivity index (χ1n) is 10.4. The number of fused-ring (bicyclic) bond motifs is 1. The molecule has 0 radical (unpaired) electrons. The zero-order chi connectivity index (χ0) is 22.6. The Hall–Kier alpha value is -2.74. The topological polar surface area (TPSA) is 84.9 Å². The minimum Gasteiger partial charge on any atom is -0.497 e. The molecule has 3 rings (SSSR count). The lowest BCUT2D eigenvalue weighted by Gasteiger charge is -2.41. The number of amides is 1. The van der Waals surface area contributed by atoms with Crippen molar-refractivity contribution in [1.82, 2.24) is 5.32 Å². The summed E-state index contributed by atoms with van der Waals surface area (Å²) in [6.45, 7) is 3.83. The van der Waals surface area contributed by atoms with Gasteiger partial charge in [-0.25, -0.2) is 8.42 Å². The molecular formula is C23H30N2O5S. The molecule has 1 N–H and O–H groups in total. The van der Waals surface area contributed by atoms with Crippen molar-refractivity contribution in [2.75, 3.05) is 24.2 Å². The van der Waals surface area contributed by atoms with Gasteiger partial charge in [-0.3, -0.25) is 9.10 Å². The fraction of sp³-hybridized carbons (Fsp3) is 0.435. The Labute approximate surface area is 184 Å². The molecule has 0 saturated carbocycles. The van der Waals surface area contributed by atoms with Crippen molar-refractivity contribution in [3.63, 3.8) is 0 Å². The SMILES string of the molecule is CCC1(CC)C[C@@H](NC(=O)CN(c2cccc(OC)c2)S(C)(=O)=O)c2ccccc2O1. The van der Waals surface area contributed by atoms with Gasteiger partial charge in [0.15, 0.2) is 0 Å². The van der Waals surface area contributed by atoms with Crippen LogP contribution in [-0.2, 0) is 14.8 Å². The molecule has 0 spiro atoms. The van der Waals surface area contributed by atoms with Gasteiger partial charge >= 0.3 is 0 Å². The second-order valence-corrected chi connectivity index (χ2v) is 9.73. The molecule has 0 aliphatic carbocycles. The second kappa shape index (κ2) is 9.18. The van der Waals surface area contributed by atoms with Gasteiger partial charge in [-0.1, -0.05) is 38.1 Å². The molecular weight excluding hydrogens is 416 g/mol. The Kier molecular flexibility index (Phi) is 6.79. The minimum absolute atomic E-state index is 0.260. The van der Waals surface area contributed by atoms with E-state index in [0.717, 1.165) is 34.7 Å². The number of hydrogen-bond donors (Lipinski definition) is 1. The number of nitrogens with zero attached hydrogens (tertiary/aromatic N) is 1. The average molecular weight is 447 g/mol. The summed E-state index contributed by atoms with van der Waals surface area (Å²) in [5, 5.41) is 3.04. The van der Waals surface area contributed by atoms with Crippen molar-refractivity contribution >= 4 is 21.6 Å². The van der Waals surface area contributed by atoms with Gasteiger partial charge in [0.05, 0.1) is 25.1 Å². The molecule has 1 heterocycles. The lowest BCUT2D eigenvalue weighted by Crippen LogP contribution is -2.47. The first-order chi connectivity index (χ1) is 14.7. The molecule has 7 nitrogen and oxygen atoms in total. The third-order valence-corrected chi connectivity index (χ3v) is 6.99. The molecule has 168 valence electrons. The van der Waals surface area contributed by atoms with Gasteiger partial charge in [-0.15, -0.1) is 0 Å². The number of nitrogens with one attached hydrogen (secondary N) is 1. The zero-order valence-electron chi connectivity index (χ0n) is 18.4. The van der Waals surface area contributed by atoms with Crippen molar-refractivity contribution < 1.29 is 22.7 Å². The van der Waals surface area contributed by atoms with Crippen LogP contribution in [0.1, 0.15) is 44.7 Å². The third-order valence-electron chi connectivity index (χ3n) is 5.85. The molecule has 1 aliphatic heterocycles. The van der Waals surface area contributed by atoms with E-state index in [2.05, 4.69) is 19.2 Å². The number of anilines is 1. The first-order valence-corrected chi connectivity index (χ1v) is 12.2. The Morgan fingerprint density at radius 3 is 2.55 bits per heavy atom. The van der Waals surface area contributed by atoms with Crippen LogP contribution in [0.25, 0.3) is 0 Å². The highest BCUT2D eigenvalue weighted by molar-refractivity contribution is 7.92. The molecule has 0 aromatic heterocycles. The molecule has 1 atom stereocenters. The van der Waals surface area contributed by atoms with Gasteiger partial charge < -0.3 is 14.8 Å². The summed E-state index contributed by atoms with van der Waals surface area (Å²) in [5.74, 6) is 0.896. The number of ether oxygens (including phenoxy) is 2. The number of carbonyl (C=O) groups excluding carboxylic acids is 1. The van der Waals surface area contributed by atoms with Gasteiger partial charge in [-0.05, 0) is 31.0 Å². The molecule has 31 heavy (non-hydrogen) atoms. The fourth-order valence-corrected chi connectivity index (χ4v) is 4.81. The highest BCUT2D eigenvalue weighted by atomic mass is 32.2. The van der Waals surface area contributed by atoms with E-state index in [1.807, 2.05) is 24.3 Å². The maximum Gasteiger partial charge on any atom is 0.241 e. The lowest BCUT2D eigenvalue weighted by molar-refractivity contribution is -0.121. The molecule has 1 amide bonds. The summed E-state index contributed by atoms with van der Waals surface area (Å²) in [4.78, 5) is 13.0. The summed E-state index contributed by atoms with van der Waals surface area (Å²) in [6.07, 6.45) is 3.33. The minimum atomic E-state index is -3.68. The summed E-state index contributed by atoms with van der Waals surface area (Å²) in [6, 6.07) is 14.0. The Bertz CT molecular complexity index is 1030. The molecule has 0 bridgehead atoms. The molecule has 0 unspecified atom stereocenters. The van der Waals surface area contributed by atoms with Crippen molar-refractivity contribution in [1.29, 1.82) is 0 Å². The standard InChI is InChI=1S/C23H30N2O5S/c1-5-23(6-2)15-20(19-12-7-8-13-21(19)30-23)24-22(26)16-25(31(4,27)28)17-10-9-11-18(14-17)29-3/h7-14,20H,5-6,15-16H2,1-4H3,(H,24,26)/t20-/m1/s1. The third kappa shape index (κ3) is 5.12. The van der Waals surface area contributed by atoms with Gasteiger partial charge in [0.25, 0.3) is 0 Å². The summed E-state index contributed by atoms with van der Waals surface area (Å²) in [5.41, 5.74) is 0.914. The van der Waals surface area contributed by atoms with Gasteiger partial charge in [0, 0.05) is 18.1 Å². The van der Waals surface area contributed by atoms with Gasteiger partial charge in [0.2, 0.25) is 15.9 Å². The number of benzene rings is 2. The van der Waals surface area contributed by atoms with E-state index in [4.69, 9.17) is 9.47 Å². The van der Waals surface area contributed by atoms with E-state index in [0.29, 0.717) is 17.9 Å². The predicted molar refractivity (Wildman–Crippen MR) is 121 cm³/mol. The normalized spacial score (nSPS) is 17.2. The summed E-state index contributed by atoms with van der Waals surface area (Å²) >= 11 is 0. The van der Waals surface area contributed by atoms with Gasteiger partial charge in [-0.2, -0.15) is 0 Å². The number of carbonyl (C=O) groups is 1. The maximum atomic E-state index is 13.0. The Morgan fingerprint density at radius 1 is 1.19 bits per heavy atom. The highest BCUT2D eigenvalue weighted by Gasteiger charge is 2.39. The smallest absolute Gasteiger partial charge is 0.241 e. The highest BCUT2D eigenvalue weighted by Crippen LogP contribution is 2.42. The van der Waals surface area contributed by atoms with E-state index in [9.17, 15) is 13.2 Å². The van der Waals surface area contributed by atoms with E-state index in [1.54, 1.807) is 24.3 Å². The van der Waals surface area contributed by atoms with E-state index < -0.39 is 10.0 Å². The first kappa shape index (κ1) is 22.9. The molecule has 2 aromatic carbocycles. The molecule has 8 heteroatoms. The van der Waals surface area contributed by atoms with Crippen LogP contribution in [0.4, 0.5) is 5.69 Å². The largest absolute Gasteiger partial charge is 0.497 e. The van der Waals surface area contributed by atoms with Crippen LogP contribution in [0.2, 0.25) is 0 Å². The van der Waals surface area contributed by atoms with Gasteiger partial charge in [0.1, 0.15) is 23.6 Å². The van der Waals surface area contributed by atoms with Crippen LogP contribution >= 0.6 is 0 Å². The van der Waals surface area contributed by atoms with Crippen LogP contribution in [0.15, 0.2) is 48.5 Å². The van der Waals surface area contributed by atoms with Crippen molar-refractivity contribution in [3.05, 3.63) is 54.1 Å². The van der Waals surface area contributed by atoms with Crippen LogP contribution in [-0.4, -0.2) is 39.8 Å². The maximum absolute atomic E-state index is 13.0. The van der Waals surface area contributed by atoms with Crippen molar-refractivity contribution in [2.24, 2.45) is 0 Å². The zero-order valence-corrected chi connectivity index (χ0v) is 19.2. The van der Waals surface area contributed by atoms with E-state index >= 15 is 0 Å². The van der Waals surface area contributed by atoms with E-state index in [1.165, 1.54) is 7.11 Å². The number of rotatable bonds is 8. The van der Waals surface area contributed by atoms with Crippen LogP contribution in [0, 0.1) is 0 Å². The molecule has 0 fully saturated rings. The lowest BCUT2D eigenvalue weighted by atomic mass is 9.83. The Balaban J connectivity index is 1.85.